The van der Waals surface area contributed by atoms with Gasteiger partial charge >= 0.3 is 0 Å². The molecular weight excluding hydrogens is 230 g/mol. The topological polar surface area (TPSA) is 49.8 Å². The van der Waals surface area contributed by atoms with E-state index >= 15 is 0 Å². The highest BCUT2D eigenvalue weighted by molar-refractivity contribution is 5.83. The van der Waals surface area contributed by atoms with Crippen molar-refractivity contribution in [2.24, 2.45) is 0 Å². The van der Waals surface area contributed by atoms with E-state index in [2.05, 4.69) is 4.90 Å². The summed E-state index contributed by atoms with van der Waals surface area (Å²) in [6.07, 6.45) is 3.05. The van der Waals surface area contributed by atoms with E-state index in [9.17, 15) is 9.90 Å². The Morgan fingerprint density at radius 1 is 1.44 bits per heavy atom. The molecule has 0 spiro atoms. The smallest absolute Gasteiger partial charge is 0.161 e. The van der Waals surface area contributed by atoms with Crippen LogP contribution in [0.25, 0.3) is 6.08 Å². The van der Waals surface area contributed by atoms with Crippen molar-refractivity contribution in [3.8, 4) is 11.5 Å². The Labute approximate surface area is 106 Å². The van der Waals surface area contributed by atoms with Gasteiger partial charge in [-0.1, -0.05) is 6.07 Å². The summed E-state index contributed by atoms with van der Waals surface area (Å²) >= 11 is 0. The van der Waals surface area contributed by atoms with Gasteiger partial charge in [-0.05, 0) is 23.8 Å². The number of hydrogen-bond donors (Lipinski definition) is 1. The zero-order chi connectivity index (χ0) is 13.1. The Kier molecular flexibility index (Phi) is 3.55. The van der Waals surface area contributed by atoms with E-state index < -0.39 is 0 Å². The summed E-state index contributed by atoms with van der Waals surface area (Å²) in [5, 5.41) is 9.52. The minimum absolute atomic E-state index is 0.118. The number of aromatic hydroxyl groups is 1. The molecule has 1 fully saturated rings. The third-order valence-electron chi connectivity index (χ3n) is 3.13. The van der Waals surface area contributed by atoms with Gasteiger partial charge in [-0.2, -0.15) is 0 Å². The average Bonchev–Trinajstić information content (AvgIpc) is 2.36. The Morgan fingerprint density at radius 2 is 2.22 bits per heavy atom. The first-order valence-corrected chi connectivity index (χ1v) is 5.90. The summed E-state index contributed by atoms with van der Waals surface area (Å²) in [6.45, 7) is 0.764. The van der Waals surface area contributed by atoms with Gasteiger partial charge in [-0.15, -0.1) is 0 Å². The summed E-state index contributed by atoms with van der Waals surface area (Å²) in [7, 11) is 3.50. The second kappa shape index (κ2) is 5.12. The van der Waals surface area contributed by atoms with Crippen molar-refractivity contribution in [2.75, 3.05) is 20.7 Å². The molecule has 0 saturated carbocycles. The fourth-order valence-electron chi connectivity index (χ4n) is 2.00. The number of nitrogens with zero attached hydrogens (tertiary/aromatic N) is 1. The van der Waals surface area contributed by atoms with Gasteiger partial charge in [0.1, 0.15) is 5.78 Å². The molecule has 0 aromatic heterocycles. The van der Waals surface area contributed by atoms with Crippen LogP contribution in [0.3, 0.4) is 0 Å². The lowest BCUT2D eigenvalue weighted by atomic mass is 10.0. The Bertz CT molecular complexity index is 494. The number of phenolic OH excluding ortho intramolecular Hbond substituents is 1. The number of ketones is 1. The lowest BCUT2D eigenvalue weighted by molar-refractivity contribution is -0.120. The lowest BCUT2D eigenvalue weighted by Crippen LogP contribution is -2.28. The van der Waals surface area contributed by atoms with Crippen LogP contribution in [0, 0.1) is 0 Å². The molecule has 4 heteroatoms. The molecular formula is C14H17NO3. The van der Waals surface area contributed by atoms with Crippen molar-refractivity contribution >= 4 is 11.9 Å². The molecule has 0 unspecified atom stereocenters. The van der Waals surface area contributed by atoms with Crippen molar-refractivity contribution in [1.29, 1.82) is 0 Å². The van der Waals surface area contributed by atoms with Gasteiger partial charge in [0.05, 0.1) is 7.11 Å². The Hall–Kier alpha value is -1.97. The number of carbonyl (C=O) groups is 1. The predicted molar refractivity (Wildman–Crippen MR) is 69.5 cm³/mol. The van der Waals surface area contributed by atoms with Gasteiger partial charge in [-0.25, -0.2) is 0 Å². The second-order valence-electron chi connectivity index (χ2n) is 4.45. The number of rotatable bonds is 2. The van der Waals surface area contributed by atoms with E-state index in [0.29, 0.717) is 18.6 Å². The van der Waals surface area contributed by atoms with Crippen molar-refractivity contribution in [1.82, 2.24) is 4.90 Å². The molecule has 1 aliphatic heterocycles. The number of benzene rings is 1. The summed E-state index contributed by atoms with van der Waals surface area (Å²) < 4.78 is 5.06. The second-order valence-corrected chi connectivity index (χ2v) is 4.45. The van der Waals surface area contributed by atoms with Crippen LogP contribution >= 0.6 is 0 Å². The molecule has 4 nitrogen and oxygen atoms in total. The molecule has 0 amide bonds. The number of piperidine rings is 1. The summed E-state index contributed by atoms with van der Waals surface area (Å²) in [6, 6.07) is 5.16. The zero-order valence-corrected chi connectivity index (χ0v) is 10.6. The maximum atomic E-state index is 11.5. The van der Waals surface area contributed by atoms with Crippen LogP contribution in [0.2, 0.25) is 0 Å². The number of allylic oxidation sites excluding steroid dienone is 1. The maximum Gasteiger partial charge on any atom is 0.161 e. The zero-order valence-electron chi connectivity index (χ0n) is 10.6. The summed E-state index contributed by atoms with van der Waals surface area (Å²) in [5.74, 6) is 0.826. The fourth-order valence-corrected chi connectivity index (χ4v) is 2.00. The van der Waals surface area contributed by atoms with E-state index in [-0.39, 0.29) is 11.5 Å². The van der Waals surface area contributed by atoms with Crippen LogP contribution in [0.15, 0.2) is 23.9 Å². The van der Waals surface area contributed by atoms with Crippen molar-refractivity contribution < 1.29 is 14.6 Å². The highest BCUT2D eigenvalue weighted by Gasteiger charge is 2.17. The van der Waals surface area contributed by atoms with Crippen molar-refractivity contribution in [3.05, 3.63) is 29.5 Å². The fraction of sp³-hybridized carbons (Fsp3) is 0.357. The molecule has 1 aliphatic rings. The van der Waals surface area contributed by atoms with Crippen LogP contribution in [-0.4, -0.2) is 36.5 Å². The number of hydrogen-bond acceptors (Lipinski definition) is 4. The first-order valence-electron chi connectivity index (χ1n) is 5.90. The van der Waals surface area contributed by atoms with Crippen LogP contribution in [0.5, 0.6) is 11.5 Å². The van der Waals surface area contributed by atoms with E-state index in [0.717, 1.165) is 17.8 Å². The first kappa shape index (κ1) is 12.5. The highest BCUT2D eigenvalue weighted by atomic mass is 16.5. The van der Waals surface area contributed by atoms with E-state index in [1.165, 1.54) is 7.11 Å². The molecule has 0 atom stereocenters. The predicted octanol–water partition coefficient (Wildman–Crippen LogP) is 2.04. The molecule has 2 rings (SSSR count). The summed E-state index contributed by atoms with van der Waals surface area (Å²) in [4.78, 5) is 13.5. The van der Waals surface area contributed by atoms with Crippen LogP contribution in [0.1, 0.15) is 18.4 Å². The molecule has 18 heavy (non-hydrogen) atoms. The molecule has 1 N–H and O–H groups in total. The van der Waals surface area contributed by atoms with E-state index in [1.54, 1.807) is 18.2 Å². The van der Waals surface area contributed by atoms with Crippen molar-refractivity contribution in [2.45, 2.75) is 12.8 Å². The first-order chi connectivity index (χ1) is 8.60. The molecule has 1 aromatic rings. The van der Waals surface area contributed by atoms with Crippen LogP contribution < -0.4 is 4.74 Å². The largest absolute Gasteiger partial charge is 0.504 e. The van der Waals surface area contributed by atoms with Crippen molar-refractivity contribution in [3.63, 3.8) is 0 Å². The van der Waals surface area contributed by atoms with Crippen LogP contribution in [-0.2, 0) is 4.79 Å². The highest BCUT2D eigenvalue weighted by Crippen LogP contribution is 2.28. The third kappa shape index (κ3) is 2.64. The third-order valence-corrected chi connectivity index (χ3v) is 3.13. The van der Waals surface area contributed by atoms with E-state index in [4.69, 9.17) is 4.74 Å². The molecule has 96 valence electrons. The van der Waals surface area contributed by atoms with Gasteiger partial charge in [0.2, 0.25) is 0 Å². The maximum absolute atomic E-state index is 11.5. The number of Topliss-reactive ketones (excluding diaryl/α,β-unsaturated/α-hetero) is 1. The standard InChI is InChI=1S/C14H17NO3/c1-15-6-5-12(16)9-11(15)7-10-3-4-13(17)14(8-10)18-2/h3-4,7-8,17H,5-6,9H2,1-2H3. The van der Waals surface area contributed by atoms with Gasteiger partial charge in [0, 0.05) is 32.1 Å². The molecule has 1 saturated heterocycles. The number of likely N-dealkylation sites (tertiary alicyclic amines) is 1. The molecule has 1 heterocycles. The number of methoxy groups -OCH3 is 1. The SMILES string of the molecule is COc1cc(C=C2CC(=O)CCN2C)ccc1O. The average molecular weight is 247 g/mol. The van der Waals surface area contributed by atoms with Crippen LogP contribution in [0.4, 0.5) is 0 Å². The molecule has 0 bridgehead atoms. The Morgan fingerprint density at radius 3 is 2.94 bits per heavy atom. The number of carbonyl (C=O) groups excluding carboxylic acids is 1. The Balaban J connectivity index is 2.28. The monoisotopic (exact) mass is 247 g/mol. The summed E-state index contributed by atoms with van der Waals surface area (Å²) in [5.41, 5.74) is 1.92. The van der Waals surface area contributed by atoms with Gasteiger partial charge in [-0.3, -0.25) is 4.79 Å². The number of ether oxygens (including phenoxy) is 1. The van der Waals surface area contributed by atoms with Gasteiger partial charge in [0.25, 0.3) is 0 Å². The number of phenols is 1. The minimum Gasteiger partial charge on any atom is -0.504 e. The molecule has 1 aromatic carbocycles. The lowest BCUT2D eigenvalue weighted by Gasteiger charge is -2.26. The normalized spacial score (nSPS) is 18.2. The molecule has 0 aliphatic carbocycles. The minimum atomic E-state index is 0.118. The van der Waals surface area contributed by atoms with E-state index in [1.807, 2.05) is 13.1 Å². The van der Waals surface area contributed by atoms with Gasteiger partial charge < -0.3 is 14.7 Å². The molecule has 0 radical (unpaired) electrons. The van der Waals surface area contributed by atoms with Gasteiger partial charge in [0.15, 0.2) is 11.5 Å². The quantitative estimate of drug-likeness (QED) is 0.868.